The molecule has 0 aliphatic rings. The maximum atomic E-state index is 12.8. The first-order valence-corrected chi connectivity index (χ1v) is 7.13. The van der Waals surface area contributed by atoms with Crippen LogP contribution in [0.5, 0.6) is 0 Å². The number of aromatic carboxylic acids is 2. The van der Waals surface area contributed by atoms with Gasteiger partial charge in [-0.15, -0.1) is 0 Å². The van der Waals surface area contributed by atoms with Gasteiger partial charge in [0.15, 0.2) is 0 Å². The summed E-state index contributed by atoms with van der Waals surface area (Å²) in [6.45, 7) is 1.59. The molecule has 3 aromatic rings. The highest BCUT2D eigenvalue weighted by molar-refractivity contribution is 6.13. The number of pyridine rings is 1. The topological polar surface area (TPSA) is 96.1 Å². The summed E-state index contributed by atoms with van der Waals surface area (Å²) in [6, 6.07) is 10.6. The van der Waals surface area contributed by atoms with E-state index in [4.69, 9.17) is 5.11 Å². The Balaban J connectivity index is 2.18. The van der Waals surface area contributed by atoms with Crippen LogP contribution in [0, 0.1) is 6.92 Å². The summed E-state index contributed by atoms with van der Waals surface area (Å²) in [7, 11) is 0. The number of carboxylic acid groups (broad SMARTS) is 2. The third-order valence-electron chi connectivity index (χ3n) is 3.91. The predicted octanol–water partition coefficient (Wildman–Crippen LogP) is 2.88. The quantitative estimate of drug-likeness (QED) is 0.720. The lowest BCUT2D eigenvalue weighted by molar-refractivity contribution is 0.0686. The highest BCUT2D eigenvalue weighted by atomic mass is 16.4. The number of aromatic nitrogens is 1. The smallest absolute Gasteiger partial charge is 0.338 e. The Morgan fingerprint density at radius 1 is 0.875 bits per heavy atom. The van der Waals surface area contributed by atoms with Gasteiger partial charge in [0.25, 0.3) is 0 Å². The van der Waals surface area contributed by atoms with E-state index in [0.717, 1.165) is 0 Å². The van der Waals surface area contributed by atoms with Crippen molar-refractivity contribution in [2.75, 3.05) is 0 Å². The van der Waals surface area contributed by atoms with Crippen LogP contribution in [-0.4, -0.2) is 32.3 Å². The highest BCUT2D eigenvalue weighted by Crippen LogP contribution is 2.25. The fourth-order valence-corrected chi connectivity index (χ4v) is 2.78. The molecule has 0 saturated heterocycles. The van der Waals surface area contributed by atoms with Gasteiger partial charge in [0, 0.05) is 11.8 Å². The molecule has 2 N–H and O–H groups in total. The van der Waals surface area contributed by atoms with Crippen LogP contribution in [0.3, 0.4) is 0 Å². The summed E-state index contributed by atoms with van der Waals surface area (Å²) in [5.41, 5.74) is 1.53. The summed E-state index contributed by atoms with van der Waals surface area (Å²) < 4.78 is 1.55. The van der Waals surface area contributed by atoms with E-state index in [1.807, 2.05) is 0 Å². The number of nitrogens with zero attached hydrogens (tertiary/aromatic N) is 1. The SMILES string of the molecule is Cc1c(C(=O)O)c2ccccn2c1C(=O)c1ccc(C(=O)O)cc1. The van der Waals surface area contributed by atoms with Crippen LogP contribution in [0.25, 0.3) is 5.52 Å². The molecule has 0 radical (unpaired) electrons. The van der Waals surface area contributed by atoms with Crippen LogP contribution < -0.4 is 0 Å². The Morgan fingerprint density at radius 3 is 2.08 bits per heavy atom. The molecule has 2 heterocycles. The first kappa shape index (κ1) is 15.5. The number of fused-ring (bicyclic) bond motifs is 1. The van der Waals surface area contributed by atoms with Crippen LogP contribution in [0.15, 0.2) is 48.7 Å². The third kappa shape index (κ3) is 2.34. The van der Waals surface area contributed by atoms with Gasteiger partial charge in [-0.05, 0) is 36.8 Å². The molecule has 6 heteroatoms. The van der Waals surface area contributed by atoms with E-state index in [1.54, 1.807) is 35.7 Å². The minimum Gasteiger partial charge on any atom is -0.478 e. The summed E-state index contributed by atoms with van der Waals surface area (Å²) in [6.07, 6.45) is 1.63. The number of rotatable bonds is 4. The van der Waals surface area contributed by atoms with Gasteiger partial charge in [0.05, 0.1) is 22.3 Å². The van der Waals surface area contributed by atoms with Crippen molar-refractivity contribution >= 4 is 23.2 Å². The van der Waals surface area contributed by atoms with Crippen LogP contribution in [-0.2, 0) is 0 Å². The van der Waals surface area contributed by atoms with Crippen molar-refractivity contribution in [1.82, 2.24) is 4.40 Å². The molecule has 2 aromatic heterocycles. The van der Waals surface area contributed by atoms with Gasteiger partial charge >= 0.3 is 11.9 Å². The van der Waals surface area contributed by atoms with Crippen molar-refractivity contribution in [3.63, 3.8) is 0 Å². The number of hydrogen-bond donors (Lipinski definition) is 2. The maximum Gasteiger partial charge on any atom is 0.338 e. The normalized spacial score (nSPS) is 10.7. The van der Waals surface area contributed by atoms with Gasteiger partial charge in [0.1, 0.15) is 0 Å². The fourth-order valence-electron chi connectivity index (χ4n) is 2.78. The second-order valence-electron chi connectivity index (χ2n) is 5.32. The van der Waals surface area contributed by atoms with E-state index in [0.29, 0.717) is 16.6 Å². The monoisotopic (exact) mass is 323 g/mol. The molecule has 0 spiro atoms. The lowest BCUT2D eigenvalue weighted by Crippen LogP contribution is -2.08. The third-order valence-corrected chi connectivity index (χ3v) is 3.91. The minimum atomic E-state index is -1.10. The number of hydrogen-bond acceptors (Lipinski definition) is 3. The molecular formula is C18H13NO5. The van der Waals surface area contributed by atoms with Gasteiger partial charge in [-0.1, -0.05) is 18.2 Å². The molecule has 1 aromatic carbocycles. The molecule has 120 valence electrons. The van der Waals surface area contributed by atoms with Crippen molar-refractivity contribution in [2.45, 2.75) is 6.92 Å². The molecular weight excluding hydrogens is 310 g/mol. The molecule has 0 atom stereocenters. The number of carbonyl (C=O) groups excluding carboxylic acids is 1. The molecule has 0 unspecified atom stereocenters. The molecule has 0 amide bonds. The van der Waals surface area contributed by atoms with Gasteiger partial charge in [-0.25, -0.2) is 9.59 Å². The zero-order valence-electron chi connectivity index (χ0n) is 12.7. The number of ketones is 1. The minimum absolute atomic E-state index is 0.0783. The average molecular weight is 323 g/mol. The molecule has 24 heavy (non-hydrogen) atoms. The molecule has 3 rings (SSSR count). The van der Waals surface area contributed by atoms with Crippen LogP contribution in [0.2, 0.25) is 0 Å². The van der Waals surface area contributed by atoms with Crippen molar-refractivity contribution in [1.29, 1.82) is 0 Å². The molecule has 0 aliphatic carbocycles. The van der Waals surface area contributed by atoms with Crippen LogP contribution in [0.1, 0.15) is 42.3 Å². The van der Waals surface area contributed by atoms with Crippen molar-refractivity contribution < 1.29 is 24.6 Å². The van der Waals surface area contributed by atoms with E-state index in [1.165, 1.54) is 24.3 Å². The van der Waals surface area contributed by atoms with Gasteiger partial charge in [0.2, 0.25) is 5.78 Å². The zero-order chi connectivity index (χ0) is 17.4. The highest BCUT2D eigenvalue weighted by Gasteiger charge is 2.24. The Morgan fingerprint density at radius 2 is 1.50 bits per heavy atom. The second kappa shape index (κ2) is 5.66. The van der Waals surface area contributed by atoms with Gasteiger partial charge in [-0.3, -0.25) is 4.79 Å². The molecule has 0 bridgehead atoms. The standard InChI is InChI=1S/C18H13NO5/c1-10-14(18(23)24)13-4-2-3-9-19(13)15(10)16(20)11-5-7-12(8-6-11)17(21)22/h2-9H,1H3,(H,21,22)(H,23,24). The van der Waals surface area contributed by atoms with Crippen molar-refractivity contribution in [2.24, 2.45) is 0 Å². The van der Waals surface area contributed by atoms with E-state index < -0.39 is 11.9 Å². The summed E-state index contributed by atoms with van der Waals surface area (Å²) in [5, 5.41) is 18.4. The van der Waals surface area contributed by atoms with Crippen molar-refractivity contribution in [3.8, 4) is 0 Å². The lowest BCUT2D eigenvalue weighted by Gasteiger charge is -2.04. The molecule has 6 nitrogen and oxygen atoms in total. The maximum absolute atomic E-state index is 12.8. The Bertz CT molecular complexity index is 983. The fraction of sp³-hybridized carbons (Fsp3) is 0.0556. The number of carboxylic acids is 2. The second-order valence-corrected chi connectivity index (χ2v) is 5.32. The van der Waals surface area contributed by atoms with Crippen molar-refractivity contribution in [3.05, 3.63) is 76.6 Å². The first-order valence-electron chi connectivity index (χ1n) is 7.13. The lowest BCUT2D eigenvalue weighted by atomic mass is 10.0. The molecule has 0 aliphatic heterocycles. The van der Waals surface area contributed by atoms with Crippen LogP contribution >= 0.6 is 0 Å². The number of carbonyl (C=O) groups is 3. The Kier molecular flexibility index (Phi) is 3.65. The summed E-state index contributed by atoms with van der Waals surface area (Å²) >= 11 is 0. The Hall–Kier alpha value is -3.41. The van der Waals surface area contributed by atoms with Crippen LogP contribution in [0.4, 0.5) is 0 Å². The zero-order valence-corrected chi connectivity index (χ0v) is 12.7. The molecule has 0 saturated carbocycles. The molecule has 0 fully saturated rings. The largest absolute Gasteiger partial charge is 0.478 e. The van der Waals surface area contributed by atoms with E-state index in [-0.39, 0.29) is 22.6 Å². The van der Waals surface area contributed by atoms with E-state index in [9.17, 15) is 19.5 Å². The predicted molar refractivity (Wildman–Crippen MR) is 85.9 cm³/mol. The van der Waals surface area contributed by atoms with E-state index in [2.05, 4.69) is 0 Å². The Labute approximate surface area is 136 Å². The first-order chi connectivity index (χ1) is 11.4. The summed E-state index contributed by atoms with van der Waals surface area (Å²) in [4.78, 5) is 35.3. The average Bonchev–Trinajstić information content (AvgIpc) is 2.86. The van der Waals surface area contributed by atoms with E-state index >= 15 is 0 Å². The summed E-state index contributed by atoms with van der Waals surface area (Å²) in [5.74, 6) is -2.54. The van der Waals surface area contributed by atoms with Gasteiger partial charge in [-0.2, -0.15) is 0 Å². The number of benzene rings is 1. The van der Waals surface area contributed by atoms with Gasteiger partial charge < -0.3 is 14.6 Å².